The summed E-state index contributed by atoms with van der Waals surface area (Å²) >= 11 is 11.5. The van der Waals surface area contributed by atoms with Gasteiger partial charge >= 0.3 is 0 Å². The molecule has 7 heteroatoms. The fourth-order valence-corrected chi connectivity index (χ4v) is 2.25. The van der Waals surface area contributed by atoms with Crippen molar-refractivity contribution < 1.29 is 4.79 Å². The summed E-state index contributed by atoms with van der Waals surface area (Å²) < 4.78 is 1.93. The van der Waals surface area contributed by atoms with Crippen LogP contribution in [0.3, 0.4) is 0 Å². The summed E-state index contributed by atoms with van der Waals surface area (Å²) in [5.41, 5.74) is 2.52. The summed E-state index contributed by atoms with van der Waals surface area (Å²) in [6, 6.07) is 3.53. The number of hydrogen-bond donors (Lipinski definition) is 1. The molecule has 2 rings (SSSR count). The van der Waals surface area contributed by atoms with E-state index in [1.165, 1.54) is 12.3 Å². The van der Waals surface area contributed by atoms with E-state index < -0.39 is 0 Å². The molecule has 1 amide bonds. The lowest BCUT2D eigenvalue weighted by atomic mass is 10.2. The molecular formula is C14H16Cl2N4O. The van der Waals surface area contributed by atoms with E-state index in [9.17, 15) is 4.79 Å². The predicted octanol–water partition coefficient (Wildman–Crippen LogP) is 3.02. The molecule has 0 spiro atoms. The Morgan fingerprint density at radius 1 is 1.33 bits per heavy atom. The van der Waals surface area contributed by atoms with Crippen molar-refractivity contribution in [2.45, 2.75) is 26.8 Å². The molecular weight excluding hydrogens is 311 g/mol. The number of aryl methyl sites for hydroxylation is 3. The van der Waals surface area contributed by atoms with Crippen LogP contribution >= 0.6 is 23.2 Å². The molecule has 0 radical (unpaired) electrons. The lowest BCUT2D eigenvalue weighted by Gasteiger charge is -2.07. The van der Waals surface area contributed by atoms with Gasteiger partial charge in [0.2, 0.25) is 0 Å². The van der Waals surface area contributed by atoms with E-state index in [0.29, 0.717) is 12.1 Å². The first kappa shape index (κ1) is 15.8. The van der Waals surface area contributed by atoms with Crippen LogP contribution in [-0.4, -0.2) is 27.2 Å². The van der Waals surface area contributed by atoms with Crippen LogP contribution in [0.1, 0.15) is 28.2 Å². The highest BCUT2D eigenvalue weighted by molar-refractivity contribution is 6.41. The zero-order chi connectivity index (χ0) is 15.4. The molecule has 2 aromatic rings. The Labute approximate surface area is 133 Å². The number of hydrogen-bond acceptors (Lipinski definition) is 3. The van der Waals surface area contributed by atoms with Crippen molar-refractivity contribution in [1.29, 1.82) is 0 Å². The molecule has 0 atom stereocenters. The van der Waals surface area contributed by atoms with Crippen molar-refractivity contribution in [2.75, 3.05) is 6.54 Å². The number of halogens is 2. The summed E-state index contributed by atoms with van der Waals surface area (Å²) in [5, 5.41) is 7.65. The van der Waals surface area contributed by atoms with Crippen molar-refractivity contribution in [3.05, 3.63) is 45.5 Å². The van der Waals surface area contributed by atoms with Gasteiger partial charge in [0.25, 0.3) is 5.91 Å². The second-order valence-electron chi connectivity index (χ2n) is 4.76. The van der Waals surface area contributed by atoms with E-state index >= 15 is 0 Å². The quantitative estimate of drug-likeness (QED) is 0.678. The number of carbonyl (C=O) groups is 1. The normalized spacial score (nSPS) is 10.7. The van der Waals surface area contributed by atoms with Gasteiger partial charge in [0.05, 0.1) is 16.3 Å². The first-order valence-corrected chi connectivity index (χ1v) is 7.33. The topological polar surface area (TPSA) is 59.8 Å². The van der Waals surface area contributed by atoms with E-state index in [1.807, 2.05) is 24.6 Å². The Morgan fingerprint density at radius 3 is 2.71 bits per heavy atom. The molecule has 0 saturated heterocycles. The van der Waals surface area contributed by atoms with Crippen LogP contribution in [-0.2, 0) is 6.54 Å². The first-order chi connectivity index (χ1) is 9.97. The summed E-state index contributed by atoms with van der Waals surface area (Å²) in [5.74, 6) is -0.213. The van der Waals surface area contributed by atoms with Gasteiger partial charge in [0, 0.05) is 25.0 Å². The largest absolute Gasteiger partial charge is 0.352 e. The lowest BCUT2D eigenvalue weighted by Crippen LogP contribution is -2.25. The summed E-state index contributed by atoms with van der Waals surface area (Å²) in [7, 11) is 0. The van der Waals surface area contributed by atoms with Crippen molar-refractivity contribution in [1.82, 2.24) is 20.1 Å². The predicted molar refractivity (Wildman–Crippen MR) is 82.9 cm³/mol. The van der Waals surface area contributed by atoms with Crippen molar-refractivity contribution in [2.24, 2.45) is 0 Å². The molecule has 0 aromatic carbocycles. The molecule has 0 bridgehead atoms. The van der Waals surface area contributed by atoms with Gasteiger partial charge in [-0.15, -0.1) is 0 Å². The molecule has 5 nitrogen and oxygen atoms in total. The lowest BCUT2D eigenvalue weighted by molar-refractivity contribution is 0.0952. The van der Waals surface area contributed by atoms with Gasteiger partial charge in [-0.2, -0.15) is 5.10 Å². The van der Waals surface area contributed by atoms with Crippen LogP contribution < -0.4 is 5.32 Å². The van der Waals surface area contributed by atoms with Gasteiger partial charge in [-0.25, -0.2) is 4.98 Å². The highest BCUT2D eigenvalue weighted by Gasteiger charge is 2.08. The Morgan fingerprint density at radius 2 is 2.10 bits per heavy atom. The highest BCUT2D eigenvalue weighted by atomic mass is 35.5. The zero-order valence-electron chi connectivity index (χ0n) is 11.9. The van der Waals surface area contributed by atoms with Crippen LogP contribution in [0.5, 0.6) is 0 Å². The van der Waals surface area contributed by atoms with Gasteiger partial charge in [0.15, 0.2) is 0 Å². The van der Waals surface area contributed by atoms with Gasteiger partial charge in [-0.1, -0.05) is 23.2 Å². The molecule has 0 unspecified atom stereocenters. The van der Waals surface area contributed by atoms with Crippen molar-refractivity contribution in [3.63, 3.8) is 0 Å². The molecule has 0 saturated carbocycles. The number of pyridine rings is 1. The second-order valence-corrected chi connectivity index (χ2v) is 5.52. The third kappa shape index (κ3) is 4.19. The number of carbonyl (C=O) groups excluding carboxylic acids is 1. The third-order valence-electron chi connectivity index (χ3n) is 2.99. The average Bonchev–Trinajstić information content (AvgIpc) is 2.76. The molecule has 0 aliphatic carbocycles. The molecule has 0 aliphatic heterocycles. The van der Waals surface area contributed by atoms with Crippen molar-refractivity contribution in [3.8, 4) is 0 Å². The summed E-state index contributed by atoms with van der Waals surface area (Å²) in [6.45, 7) is 5.29. The van der Waals surface area contributed by atoms with Crippen LogP contribution in [0.4, 0.5) is 0 Å². The van der Waals surface area contributed by atoms with E-state index in [-0.39, 0.29) is 16.1 Å². The van der Waals surface area contributed by atoms with Gasteiger partial charge in [-0.3, -0.25) is 9.48 Å². The van der Waals surface area contributed by atoms with Crippen LogP contribution in [0.25, 0.3) is 0 Å². The van der Waals surface area contributed by atoms with E-state index in [2.05, 4.69) is 15.4 Å². The van der Waals surface area contributed by atoms with Crippen molar-refractivity contribution >= 4 is 29.1 Å². The number of nitrogens with one attached hydrogen (secondary N) is 1. The monoisotopic (exact) mass is 326 g/mol. The number of aromatic nitrogens is 3. The van der Waals surface area contributed by atoms with Crippen LogP contribution in [0.2, 0.25) is 10.2 Å². The Balaban J connectivity index is 1.81. The maximum absolute atomic E-state index is 11.9. The molecule has 2 heterocycles. The number of nitrogens with zero attached hydrogens (tertiary/aromatic N) is 3. The number of rotatable bonds is 5. The van der Waals surface area contributed by atoms with E-state index in [4.69, 9.17) is 23.2 Å². The SMILES string of the molecule is Cc1cc(C)n(CCCNC(=O)c2cnc(Cl)c(Cl)c2)n1. The average molecular weight is 327 g/mol. The van der Waals surface area contributed by atoms with Gasteiger partial charge < -0.3 is 5.32 Å². The van der Waals surface area contributed by atoms with Gasteiger partial charge in [0.1, 0.15) is 5.15 Å². The first-order valence-electron chi connectivity index (χ1n) is 6.57. The molecule has 0 fully saturated rings. The van der Waals surface area contributed by atoms with E-state index in [0.717, 1.165) is 24.4 Å². The summed E-state index contributed by atoms with van der Waals surface area (Å²) in [4.78, 5) is 15.8. The summed E-state index contributed by atoms with van der Waals surface area (Å²) in [6.07, 6.45) is 2.20. The standard InChI is InChI=1S/C14H16Cl2N4O/c1-9-6-10(2)20(19-9)5-3-4-17-14(21)11-7-12(15)13(16)18-8-11/h6-8H,3-5H2,1-2H3,(H,17,21). The minimum absolute atomic E-state index is 0.192. The Hall–Kier alpha value is -1.59. The fraction of sp³-hybridized carbons (Fsp3) is 0.357. The smallest absolute Gasteiger partial charge is 0.252 e. The molecule has 112 valence electrons. The second kappa shape index (κ2) is 6.91. The number of amides is 1. The maximum Gasteiger partial charge on any atom is 0.252 e. The minimum atomic E-state index is -0.213. The van der Waals surface area contributed by atoms with Crippen LogP contribution in [0, 0.1) is 13.8 Å². The van der Waals surface area contributed by atoms with Crippen LogP contribution in [0.15, 0.2) is 18.3 Å². The molecule has 1 N–H and O–H groups in total. The molecule has 2 aromatic heterocycles. The minimum Gasteiger partial charge on any atom is -0.352 e. The maximum atomic E-state index is 11.9. The molecule has 0 aliphatic rings. The zero-order valence-corrected chi connectivity index (χ0v) is 13.4. The van der Waals surface area contributed by atoms with Gasteiger partial charge in [-0.05, 0) is 32.4 Å². The Kier molecular flexibility index (Phi) is 5.20. The highest BCUT2D eigenvalue weighted by Crippen LogP contribution is 2.19. The van der Waals surface area contributed by atoms with E-state index in [1.54, 1.807) is 0 Å². The Bertz CT molecular complexity index is 654. The third-order valence-corrected chi connectivity index (χ3v) is 3.68. The fourth-order valence-electron chi connectivity index (χ4n) is 1.98. The molecule has 21 heavy (non-hydrogen) atoms.